The van der Waals surface area contributed by atoms with Crippen LogP contribution in [-0.2, 0) is 9.53 Å². The predicted molar refractivity (Wildman–Crippen MR) is 67.0 cm³/mol. The van der Waals surface area contributed by atoms with Crippen molar-refractivity contribution in [3.8, 4) is 0 Å². The van der Waals surface area contributed by atoms with Gasteiger partial charge in [0.1, 0.15) is 17.1 Å². The fourth-order valence-corrected chi connectivity index (χ4v) is 1.42. The van der Waals surface area contributed by atoms with E-state index < -0.39 is 17.5 Å². The van der Waals surface area contributed by atoms with Gasteiger partial charge in [-0.05, 0) is 19.1 Å². The van der Waals surface area contributed by atoms with Crippen LogP contribution in [0, 0.1) is 5.82 Å². The number of halogens is 1. The molecule has 5 heteroatoms. The van der Waals surface area contributed by atoms with Crippen LogP contribution in [0.1, 0.15) is 12.5 Å². The Hall–Kier alpha value is -2.17. The zero-order chi connectivity index (χ0) is 13.7. The molecule has 0 atom stereocenters. The second-order valence-corrected chi connectivity index (χ2v) is 3.50. The first-order valence-corrected chi connectivity index (χ1v) is 5.23. The summed E-state index contributed by atoms with van der Waals surface area (Å²) in [5.74, 6) is -1.87. The number of rotatable bonds is 3. The molecule has 0 saturated heterocycles. The number of carbonyl (C=O) groups is 1. The highest BCUT2D eigenvalue weighted by molar-refractivity contribution is 6.23. The van der Waals surface area contributed by atoms with Crippen LogP contribution in [0.15, 0.2) is 34.8 Å². The summed E-state index contributed by atoms with van der Waals surface area (Å²) in [6.07, 6.45) is 0. The lowest BCUT2D eigenvalue weighted by molar-refractivity contribution is -0.135. The monoisotopic (exact) mass is 251 g/mol. The summed E-state index contributed by atoms with van der Waals surface area (Å²) in [6.45, 7) is 1.53. The number of nitrogens with zero attached hydrogens (tertiary/aromatic N) is 1. The van der Waals surface area contributed by atoms with Crippen molar-refractivity contribution in [2.45, 2.75) is 6.92 Å². The van der Waals surface area contributed by atoms with Gasteiger partial charge in [-0.15, -0.1) is 0 Å². The normalized spacial score (nSPS) is 13.0. The van der Waals surface area contributed by atoms with E-state index in [9.17, 15) is 14.3 Å². The van der Waals surface area contributed by atoms with Crippen molar-refractivity contribution < 1.29 is 19.0 Å². The van der Waals surface area contributed by atoms with Gasteiger partial charge in [0.05, 0.1) is 12.7 Å². The van der Waals surface area contributed by atoms with E-state index in [1.807, 2.05) is 0 Å². The second-order valence-electron chi connectivity index (χ2n) is 3.50. The Morgan fingerprint density at radius 1 is 1.39 bits per heavy atom. The maximum absolute atomic E-state index is 13.5. The standard InChI is InChI=1S/C13H14FNO3/c1-8(15-2)11(13(17)18-3)12(16)9-6-4-5-7-10(9)14/h4-7,16H,1-3H3. The number of benzene rings is 1. The van der Waals surface area contributed by atoms with Gasteiger partial charge in [-0.25, -0.2) is 9.18 Å². The molecule has 0 unspecified atom stereocenters. The first kappa shape index (κ1) is 13.9. The molecule has 4 nitrogen and oxygen atoms in total. The second kappa shape index (κ2) is 5.95. The van der Waals surface area contributed by atoms with Crippen LogP contribution in [0.3, 0.4) is 0 Å². The number of ether oxygens (including phenoxy) is 1. The van der Waals surface area contributed by atoms with E-state index in [4.69, 9.17) is 0 Å². The van der Waals surface area contributed by atoms with Crippen LogP contribution in [-0.4, -0.2) is 30.9 Å². The molecule has 0 spiro atoms. The third kappa shape index (κ3) is 2.74. The highest BCUT2D eigenvalue weighted by atomic mass is 19.1. The summed E-state index contributed by atoms with van der Waals surface area (Å²) in [7, 11) is 2.65. The summed E-state index contributed by atoms with van der Waals surface area (Å²) < 4.78 is 18.1. The number of hydrogen-bond acceptors (Lipinski definition) is 4. The molecular formula is C13H14FNO3. The third-order valence-electron chi connectivity index (χ3n) is 2.45. The van der Waals surface area contributed by atoms with Crippen molar-refractivity contribution in [1.29, 1.82) is 0 Å². The lowest BCUT2D eigenvalue weighted by Gasteiger charge is -2.09. The van der Waals surface area contributed by atoms with E-state index in [1.54, 1.807) is 6.07 Å². The zero-order valence-corrected chi connectivity index (χ0v) is 10.4. The molecule has 0 radical (unpaired) electrons. The number of aliphatic imine (C=N–C) groups is 1. The molecule has 0 aromatic heterocycles. The minimum atomic E-state index is -0.765. The largest absolute Gasteiger partial charge is 0.506 e. The molecule has 1 rings (SSSR count). The molecule has 0 bridgehead atoms. The average molecular weight is 251 g/mol. The van der Waals surface area contributed by atoms with Crippen LogP contribution in [0.5, 0.6) is 0 Å². The Kier molecular flexibility index (Phi) is 4.59. The number of esters is 1. The maximum atomic E-state index is 13.5. The van der Waals surface area contributed by atoms with Crippen molar-refractivity contribution in [2.24, 2.45) is 4.99 Å². The topological polar surface area (TPSA) is 58.9 Å². The van der Waals surface area contributed by atoms with E-state index in [2.05, 4.69) is 9.73 Å². The maximum Gasteiger partial charge on any atom is 0.343 e. The Morgan fingerprint density at radius 3 is 2.50 bits per heavy atom. The Morgan fingerprint density at radius 2 is 2.00 bits per heavy atom. The SMILES string of the molecule is CN=C(C)C(C(=O)OC)=C(O)c1ccccc1F. The van der Waals surface area contributed by atoms with Crippen molar-refractivity contribution in [1.82, 2.24) is 0 Å². The van der Waals surface area contributed by atoms with E-state index in [1.165, 1.54) is 39.3 Å². The van der Waals surface area contributed by atoms with E-state index in [0.717, 1.165) is 0 Å². The van der Waals surface area contributed by atoms with Crippen molar-refractivity contribution >= 4 is 17.4 Å². The molecule has 0 saturated carbocycles. The van der Waals surface area contributed by atoms with E-state index in [-0.39, 0.29) is 16.8 Å². The molecule has 0 aliphatic carbocycles. The number of aliphatic hydroxyl groups is 1. The quantitative estimate of drug-likeness (QED) is 0.388. The molecule has 0 heterocycles. The summed E-state index contributed by atoms with van der Waals surface area (Å²) in [6, 6.07) is 5.61. The summed E-state index contributed by atoms with van der Waals surface area (Å²) in [5.41, 5.74) is 0.0496. The molecule has 18 heavy (non-hydrogen) atoms. The summed E-state index contributed by atoms with van der Waals surface area (Å²) in [4.78, 5) is 15.4. The number of aliphatic hydroxyl groups excluding tert-OH is 1. The van der Waals surface area contributed by atoms with Gasteiger partial charge in [-0.2, -0.15) is 0 Å². The first-order chi connectivity index (χ1) is 8.52. The molecule has 0 aliphatic rings. The molecule has 96 valence electrons. The van der Waals surface area contributed by atoms with Gasteiger partial charge in [-0.3, -0.25) is 4.99 Å². The van der Waals surface area contributed by atoms with Gasteiger partial charge in [-0.1, -0.05) is 12.1 Å². The molecule has 0 fully saturated rings. The Balaban J connectivity index is 3.46. The molecule has 1 N–H and O–H groups in total. The van der Waals surface area contributed by atoms with Crippen LogP contribution in [0.4, 0.5) is 4.39 Å². The van der Waals surface area contributed by atoms with Gasteiger partial charge in [0.2, 0.25) is 0 Å². The smallest absolute Gasteiger partial charge is 0.343 e. The van der Waals surface area contributed by atoms with Gasteiger partial charge >= 0.3 is 5.97 Å². The summed E-state index contributed by atoms with van der Waals surface area (Å²) in [5, 5.41) is 10.0. The van der Waals surface area contributed by atoms with Crippen LogP contribution >= 0.6 is 0 Å². The minimum absolute atomic E-state index is 0.0686. The number of carbonyl (C=O) groups excluding carboxylic acids is 1. The van der Waals surface area contributed by atoms with Crippen LogP contribution in [0.2, 0.25) is 0 Å². The fraction of sp³-hybridized carbons (Fsp3) is 0.231. The van der Waals surface area contributed by atoms with Crippen molar-refractivity contribution in [3.63, 3.8) is 0 Å². The summed E-state index contributed by atoms with van der Waals surface area (Å²) >= 11 is 0. The van der Waals surface area contributed by atoms with E-state index in [0.29, 0.717) is 0 Å². The van der Waals surface area contributed by atoms with Gasteiger partial charge in [0, 0.05) is 12.8 Å². The van der Waals surface area contributed by atoms with Gasteiger partial charge < -0.3 is 9.84 Å². The minimum Gasteiger partial charge on any atom is -0.506 e. The highest BCUT2D eigenvalue weighted by Gasteiger charge is 2.21. The zero-order valence-electron chi connectivity index (χ0n) is 10.4. The molecule has 0 aliphatic heterocycles. The molecular weight excluding hydrogens is 237 g/mol. The molecule has 1 aromatic rings. The fourth-order valence-electron chi connectivity index (χ4n) is 1.42. The van der Waals surface area contributed by atoms with Crippen LogP contribution in [0.25, 0.3) is 5.76 Å². The Labute approximate surface area is 104 Å². The lowest BCUT2D eigenvalue weighted by atomic mass is 10.0. The highest BCUT2D eigenvalue weighted by Crippen LogP contribution is 2.21. The third-order valence-corrected chi connectivity index (χ3v) is 2.45. The average Bonchev–Trinajstić information content (AvgIpc) is 2.38. The Bertz CT molecular complexity index is 521. The lowest BCUT2D eigenvalue weighted by Crippen LogP contribution is -2.15. The molecule has 0 amide bonds. The van der Waals surface area contributed by atoms with E-state index >= 15 is 0 Å². The molecule has 1 aromatic carbocycles. The predicted octanol–water partition coefficient (Wildman–Crippen LogP) is 2.36. The number of hydrogen-bond donors (Lipinski definition) is 1. The van der Waals surface area contributed by atoms with Crippen molar-refractivity contribution in [2.75, 3.05) is 14.2 Å². The van der Waals surface area contributed by atoms with Crippen molar-refractivity contribution in [3.05, 3.63) is 41.2 Å². The van der Waals surface area contributed by atoms with Gasteiger partial charge in [0.25, 0.3) is 0 Å². The van der Waals surface area contributed by atoms with Gasteiger partial charge in [0.15, 0.2) is 0 Å². The number of methoxy groups -OCH3 is 1. The first-order valence-electron chi connectivity index (χ1n) is 5.23. The van der Waals surface area contributed by atoms with Crippen LogP contribution < -0.4 is 0 Å².